The highest BCUT2D eigenvalue weighted by molar-refractivity contribution is 5.02. The molecule has 1 saturated heterocycles. The summed E-state index contributed by atoms with van der Waals surface area (Å²) in [4.78, 5) is 4.43. The van der Waals surface area contributed by atoms with Gasteiger partial charge in [-0.1, -0.05) is 19.0 Å². The topological polar surface area (TPSA) is 60.2 Å². The zero-order chi connectivity index (χ0) is 11.5. The van der Waals surface area contributed by atoms with E-state index in [0.717, 1.165) is 19.0 Å². The van der Waals surface area contributed by atoms with Crippen LogP contribution < -0.4 is 5.32 Å². The quantitative estimate of drug-likeness (QED) is 0.822. The molecule has 0 radical (unpaired) electrons. The van der Waals surface area contributed by atoms with Crippen molar-refractivity contribution in [3.8, 4) is 0 Å². The molecule has 2 heterocycles. The van der Waals surface area contributed by atoms with E-state index in [9.17, 15) is 0 Å². The van der Waals surface area contributed by atoms with Crippen LogP contribution in [0.3, 0.4) is 0 Å². The van der Waals surface area contributed by atoms with E-state index in [0.29, 0.717) is 24.3 Å². The summed E-state index contributed by atoms with van der Waals surface area (Å²) in [5.41, 5.74) is 0. The van der Waals surface area contributed by atoms with Crippen molar-refractivity contribution in [2.45, 2.75) is 32.8 Å². The molecule has 0 spiro atoms. The third-order valence-electron chi connectivity index (χ3n) is 2.79. The summed E-state index contributed by atoms with van der Waals surface area (Å²) in [5, 5.41) is 7.21. The van der Waals surface area contributed by atoms with Crippen LogP contribution >= 0.6 is 0 Å². The molecule has 1 aromatic rings. The molecule has 1 N–H and O–H groups in total. The van der Waals surface area contributed by atoms with Crippen molar-refractivity contribution in [1.82, 2.24) is 15.5 Å². The van der Waals surface area contributed by atoms with E-state index in [1.807, 2.05) is 6.92 Å². The first-order chi connectivity index (χ1) is 7.72. The Hall–Kier alpha value is -0.940. The summed E-state index contributed by atoms with van der Waals surface area (Å²) < 4.78 is 10.9. The van der Waals surface area contributed by atoms with Gasteiger partial charge in [0.15, 0.2) is 0 Å². The maximum Gasteiger partial charge on any atom is 0.232 e. The fourth-order valence-corrected chi connectivity index (χ4v) is 1.74. The molecule has 1 atom stereocenters. The van der Waals surface area contributed by atoms with Crippen molar-refractivity contribution in [2.24, 2.45) is 5.92 Å². The Morgan fingerprint density at radius 3 is 2.75 bits per heavy atom. The highest BCUT2D eigenvalue weighted by atomic mass is 16.5. The van der Waals surface area contributed by atoms with Crippen LogP contribution in [-0.4, -0.2) is 29.8 Å². The molecule has 90 valence electrons. The zero-order valence-electron chi connectivity index (χ0n) is 10.1. The summed E-state index contributed by atoms with van der Waals surface area (Å²) in [6, 6.07) is 0. The molecular weight excluding hydrogens is 206 g/mol. The molecule has 1 unspecified atom stereocenters. The van der Waals surface area contributed by atoms with E-state index in [1.165, 1.54) is 0 Å². The summed E-state index contributed by atoms with van der Waals surface area (Å²) in [5.74, 6) is 2.15. The minimum atomic E-state index is -0.0597. The first kappa shape index (κ1) is 11.5. The summed E-state index contributed by atoms with van der Waals surface area (Å²) in [6.45, 7) is 8.71. The highest BCUT2D eigenvalue weighted by Crippen LogP contribution is 2.25. The normalized spacial score (nSPS) is 18.8. The van der Waals surface area contributed by atoms with E-state index in [1.54, 1.807) is 0 Å². The smallest absolute Gasteiger partial charge is 0.232 e. The first-order valence-corrected chi connectivity index (χ1v) is 5.88. The Balaban J connectivity index is 2.08. The van der Waals surface area contributed by atoms with Gasteiger partial charge >= 0.3 is 0 Å². The van der Waals surface area contributed by atoms with Crippen LogP contribution in [0.2, 0.25) is 0 Å². The molecule has 16 heavy (non-hydrogen) atoms. The first-order valence-electron chi connectivity index (χ1n) is 5.88. The van der Waals surface area contributed by atoms with Gasteiger partial charge in [0.05, 0.1) is 5.92 Å². The molecule has 0 bridgehead atoms. The molecule has 5 heteroatoms. The average Bonchev–Trinajstić information content (AvgIpc) is 2.59. The molecule has 1 fully saturated rings. The van der Waals surface area contributed by atoms with Crippen LogP contribution in [0.1, 0.15) is 44.5 Å². The Kier molecular flexibility index (Phi) is 3.56. The predicted molar refractivity (Wildman–Crippen MR) is 59.1 cm³/mol. The van der Waals surface area contributed by atoms with Gasteiger partial charge in [0.1, 0.15) is 6.10 Å². The van der Waals surface area contributed by atoms with E-state index in [-0.39, 0.29) is 6.10 Å². The van der Waals surface area contributed by atoms with E-state index in [4.69, 9.17) is 9.26 Å². The van der Waals surface area contributed by atoms with Gasteiger partial charge in [-0.2, -0.15) is 4.98 Å². The van der Waals surface area contributed by atoms with Crippen molar-refractivity contribution in [3.63, 3.8) is 0 Å². The fourth-order valence-electron chi connectivity index (χ4n) is 1.74. The monoisotopic (exact) mass is 225 g/mol. The van der Waals surface area contributed by atoms with Crippen molar-refractivity contribution < 1.29 is 9.26 Å². The Morgan fingerprint density at radius 1 is 1.50 bits per heavy atom. The average molecular weight is 225 g/mol. The molecule has 0 saturated carbocycles. The molecule has 0 aliphatic carbocycles. The maximum absolute atomic E-state index is 5.63. The number of hydrogen-bond donors (Lipinski definition) is 1. The predicted octanol–water partition coefficient (Wildman–Crippen LogP) is 1.49. The molecule has 5 nitrogen and oxygen atoms in total. The van der Waals surface area contributed by atoms with Crippen molar-refractivity contribution in [1.29, 1.82) is 0 Å². The van der Waals surface area contributed by atoms with Crippen LogP contribution in [0.5, 0.6) is 0 Å². The van der Waals surface area contributed by atoms with E-state index >= 15 is 0 Å². The third-order valence-corrected chi connectivity index (χ3v) is 2.79. The van der Waals surface area contributed by atoms with Crippen molar-refractivity contribution in [2.75, 3.05) is 19.7 Å². The molecular formula is C11H19N3O2. The number of hydrogen-bond acceptors (Lipinski definition) is 5. The van der Waals surface area contributed by atoms with Crippen LogP contribution in [0.15, 0.2) is 4.52 Å². The van der Waals surface area contributed by atoms with Crippen molar-refractivity contribution in [3.05, 3.63) is 11.7 Å². The maximum atomic E-state index is 5.63. The lowest BCUT2D eigenvalue weighted by atomic mass is 10.0. The minimum absolute atomic E-state index is 0.0597. The van der Waals surface area contributed by atoms with Crippen LogP contribution in [0, 0.1) is 5.92 Å². The molecule has 0 amide bonds. The van der Waals surface area contributed by atoms with Gasteiger partial charge in [0, 0.05) is 19.7 Å². The highest BCUT2D eigenvalue weighted by Gasteiger charge is 2.28. The second-order valence-electron chi connectivity index (χ2n) is 4.47. The van der Waals surface area contributed by atoms with Gasteiger partial charge in [-0.3, -0.25) is 0 Å². The van der Waals surface area contributed by atoms with Gasteiger partial charge < -0.3 is 14.6 Å². The SMILES string of the molecule is CCOC(c1noc(C2CNC2)n1)C(C)C. The molecule has 2 rings (SSSR count). The minimum Gasteiger partial charge on any atom is -0.370 e. The second kappa shape index (κ2) is 4.93. The van der Waals surface area contributed by atoms with Crippen LogP contribution in [0.25, 0.3) is 0 Å². The second-order valence-corrected chi connectivity index (χ2v) is 4.47. The number of nitrogens with zero attached hydrogens (tertiary/aromatic N) is 2. The van der Waals surface area contributed by atoms with Gasteiger partial charge in [0.25, 0.3) is 0 Å². The van der Waals surface area contributed by atoms with Gasteiger partial charge in [0.2, 0.25) is 11.7 Å². The lowest BCUT2D eigenvalue weighted by molar-refractivity contribution is 0.0217. The third kappa shape index (κ3) is 2.25. The zero-order valence-corrected chi connectivity index (χ0v) is 10.1. The Bertz CT molecular complexity index is 334. The van der Waals surface area contributed by atoms with Gasteiger partial charge in [-0.15, -0.1) is 0 Å². The van der Waals surface area contributed by atoms with Crippen molar-refractivity contribution >= 4 is 0 Å². The lowest BCUT2D eigenvalue weighted by Crippen LogP contribution is -2.40. The molecule has 1 aliphatic heterocycles. The molecule has 0 aromatic carbocycles. The number of nitrogens with one attached hydrogen (secondary N) is 1. The van der Waals surface area contributed by atoms with Gasteiger partial charge in [-0.25, -0.2) is 0 Å². The number of ether oxygens (including phenoxy) is 1. The van der Waals surface area contributed by atoms with Crippen LogP contribution in [0.4, 0.5) is 0 Å². The summed E-state index contributed by atoms with van der Waals surface area (Å²) in [6.07, 6.45) is -0.0597. The van der Waals surface area contributed by atoms with Gasteiger partial charge in [-0.05, 0) is 12.8 Å². The Morgan fingerprint density at radius 2 is 2.25 bits per heavy atom. The molecule has 1 aromatic heterocycles. The standard InChI is InChI=1S/C11H19N3O2/c1-4-15-9(7(2)3)10-13-11(16-14-10)8-5-12-6-8/h7-9,12H,4-6H2,1-3H3. The summed E-state index contributed by atoms with van der Waals surface area (Å²) in [7, 11) is 0. The molecule has 1 aliphatic rings. The fraction of sp³-hybridized carbons (Fsp3) is 0.818. The summed E-state index contributed by atoms with van der Waals surface area (Å²) >= 11 is 0. The Labute approximate surface area is 95.6 Å². The number of aromatic nitrogens is 2. The van der Waals surface area contributed by atoms with E-state index < -0.39 is 0 Å². The van der Waals surface area contributed by atoms with E-state index in [2.05, 4.69) is 29.3 Å². The lowest BCUT2D eigenvalue weighted by Gasteiger charge is -2.23. The largest absolute Gasteiger partial charge is 0.370 e. The number of rotatable bonds is 5. The van der Waals surface area contributed by atoms with Crippen LogP contribution in [-0.2, 0) is 4.74 Å².